The zero-order valence-electron chi connectivity index (χ0n) is 7.52. The summed E-state index contributed by atoms with van der Waals surface area (Å²) in [7, 11) is 0. The molecule has 12 heavy (non-hydrogen) atoms. The number of hydrogen-bond acceptors (Lipinski definition) is 0. The van der Waals surface area contributed by atoms with Crippen LogP contribution in [-0.2, 0) is 6.42 Å². The van der Waals surface area contributed by atoms with Crippen LogP contribution in [0.25, 0.3) is 0 Å². The molecule has 0 atom stereocenters. The van der Waals surface area contributed by atoms with Crippen molar-refractivity contribution in [1.29, 1.82) is 0 Å². The molecule has 0 radical (unpaired) electrons. The number of halogens is 1. The average molecular weight is 181 g/mol. The smallest absolute Gasteiger partial charge is 0.0438 e. The van der Waals surface area contributed by atoms with Gasteiger partial charge in [0.1, 0.15) is 0 Å². The molecule has 0 bridgehead atoms. The van der Waals surface area contributed by atoms with Crippen molar-refractivity contribution < 1.29 is 0 Å². The van der Waals surface area contributed by atoms with Gasteiger partial charge in [0.2, 0.25) is 0 Å². The summed E-state index contributed by atoms with van der Waals surface area (Å²) in [5.74, 6) is 0. The molecule has 0 amide bonds. The summed E-state index contributed by atoms with van der Waals surface area (Å²) >= 11 is 5.96. The van der Waals surface area contributed by atoms with Crippen molar-refractivity contribution in [3.63, 3.8) is 0 Å². The van der Waals surface area contributed by atoms with Crippen LogP contribution in [0.15, 0.2) is 24.8 Å². The second-order valence-corrected chi connectivity index (χ2v) is 3.36. The van der Waals surface area contributed by atoms with Crippen LogP contribution in [0, 0.1) is 13.8 Å². The predicted molar refractivity (Wildman–Crippen MR) is 54.8 cm³/mol. The lowest BCUT2D eigenvalue weighted by Crippen LogP contribution is -1.90. The van der Waals surface area contributed by atoms with Crippen molar-refractivity contribution in [2.45, 2.75) is 20.3 Å². The van der Waals surface area contributed by atoms with Gasteiger partial charge in [0.15, 0.2) is 0 Å². The highest BCUT2D eigenvalue weighted by Crippen LogP contribution is 2.22. The maximum atomic E-state index is 5.96. The zero-order valence-corrected chi connectivity index (χ0v) is 8.28. The molecule has 0 aliphatic carbocycles. The maximum Gasteiger partial charge on any atom is 0.0438 e. The molecule has 1 heteroatoms. The molecule has 0 saturated carbocycles. The standard InChI is InChI=1S/C11H13Cl/c1-4-5-10-6-7-11(12)9(3)8(10)2/h4,6-7H,1,5H2,2-3H3. The summed E-state index contributed by atoms with van der Waals surface area (Å²) in [4.78, 5) is 0. The Hall–Kier alpha value is -0.750. The Morgan fingerprint density at radius 3 is 2.58 bits per heavy atom. The molecule has 1 aromatic carbocycles. The van der Waals surface area contributed by atoms with E-state index in [0.29, 0.717) is 0 Å². The highest BCUT2D eigenvalue weighted by molar-refractivity contribution is 6.31. The van der Waals surface area contributed by atoms with Gasteiger partial charge in [-0.05, 0) is 43.0 Å². The van der Waals surface area contributed by atoms with Crippen LogP contribution >= 0.6 is 11.6 Å². The minimum Gasteiger partial charge on any atom is -0.103 e. The molecule has 0 saturated heterocycles. The van der Waals surface area contributed by atoms with Crippen LogP contribution in [0.5, 0.6) is 0 Å². The number of benzene rings is 1. The van der Waals surface area contributed by atoms with Gasteiger partial charge in [0.25, 0.3) is 0 Å². The molecule has 0 fully saturated rings. The van der Waals surface area contributed by atoms with E-state index in [2.05, 4.69) is 19.6 Å². The molecule has 0 aliphatic rings. The lowest BCUT2D eigenvalue weighted by Gasteiger charge is -2.07. The van der Waals surface area contributed by atoms with Crippen LogP contribution in [0.1, 0.15) is 16.7 Å². The van der Waals surface area contributed by atoms with E-state index in [0.717, 1.165) is 11.4 Å². The third kappa shape index (κ3) is 1.70. The quantitative estimate of drug-likeness (QED) is 0.609. The van der Waals surface area contributed by atoms with Crippen LogP contribution in [0.2, 0.25) is 5.02 Å². The van der Waals surface area contributed by atoms with Crippen LogP contribution in [0.4, 0.5) is 0 Å². The first-order chi connectivity index (χ1) is 5.66. The first kappa shape index (κ1) is 9.34. The van der Waals surface area contributed by atoms with Gasteiger partial charge in [0.05, 0.1) is 0 Å². The van der Waals surface area contributed by atoms with E-state index < -0.39 is 0 Å². The number of hydrogen-bond donors (Lipinski definition) is 0. The van der Waals surface area contributed by atoms with Gasteiger partial charge in [-0.15, -0.1) is 6.58 Å². The van der Waals surface area contributed by atoms with Gasteiger partial charge >= 0.3 is 0 Å². The number of rotatable bonds is 2. The van der Waals surface area contributed by atoms with Crippen molar-refractivity contribution in [2.24, 2.45) is 0 Å². The van der Waals surface area contributed by atoms with Gasteiger partial charge in [-0.25, -0.2) is 0 Å². The fourth-order valence-electron chi connectivity index (χ4n) is 1.22. The van der Waals surface area contributed by atoms with Crippen LogP contribution in [0.3, 0.4) is 0 Å². The highest BCUT2D eigenvalue weighted by Gasteiger charge is 2.02. The molecule has 1 rings (SSSR count). The summed E-state index contributed by atoms with van der Waals surface area (Å²) in [5.41, 5.74) is 3.77. The van der Waals surface area contributed by atoms with Gasteiger partial charge < -0.3 is 0 Å². The average Bonchev–Trinajstić information content (AvgIpc) is 2.07. The van der Waals surface area contributed by atoms with E-state index in [-0.39, 0.29) is 0 Å². The molecule has 0 spiro atoms. The Labute approximate surface area is 78.9 Å². The van der Waals surface area contributed by atoms with E-state index in [1.807, 2.05) is 19.1 Å². The normalized spacial score (nSPS) is 9.92. The Balaban J connectivity index is 3.16. The maximum absolute atomic E-state index is 5.96. The summed E-state index contributed by atoms with van der Waals surface area (Å²) in [6.07, 6.45) is 2.83. The van der Waals surface area contributed by atoms with E-state index >= 15 is 0 Å². The monoisotopic (exact) mass is 180 g/mol. The molecule has 0 aliphatic heterocycles. The SMILES string of the molecule is C=CCc1ccc(Cl)c(C)c1C. The number of allylic oxidation sites excluding steroid dienone is 1. The minimum atomic E-state index is 0.848. The van der Waals surface area contributed by atoms with E-state index in [4.69, 9.17) is 11.6 Å². The van der Waals surface area contributed by atoms with Crippen molar-refractivity contribution in [1.82, 2.24) is 0 Å². The lowest BCUT2D eigenvalue weighted by molar-refractivity contribution is 1.18. The van der Waals surface area contributed by atoms with Gasteiger partial charge in [0, 0.05) is 5.02 Å². The predicted octanol–water partition coefficient (Wildman–Crippen LogP) is 3.69. The Bertz CT molecular complexity index is 300. The molecule has 0 heterocycles. The molecular weight excluding hydrogens is 168 g/mol. The first-order valence-electron chi connectivity index (χ1n) is 4.02. The first-order valence-corrected chi connectivity index (χ1v) is 4.40. The van der Waals surface area contributed by atoms with E-state index in [1.54, 1.807) is 0 Å². The second kappa shape index (κ2) is 3.77. The largest absolute Gasteiger partial charge is 0.103 e. The molecule has 1 aromatic rings. The fraction of sp³-hybridized carbons (Fsp3) is 0.273. The minimum absolute atomic E-state index is 0.848. The van der Waals surface area contributed by atoms with Crippen LogP contribution < -0.4 is 0 Å². The summed E-state index contributed by atoms with van der Waals surface area (Å²) in [6, 6.07) is 4.01. The molecule has 0 nitrogen and oxygen atoms in total. The topological polar surface area (TPSA) is 0 Å². The molecule has 0 N–H and O–H groups in total. The van der Waals surface area contributed by atoms with Crippen molar-refractivity contribution in [3.05, 3.63) is 46.5 Å². The molecule has 64 valence electrons. The van der Waals surface area contributed by atoms with Gasteiger partial charge in [-0.3, -0.25) is 0 Å². The second-order valence-electron chi connectivity index (χ2n) is 2.95. The Morgan fingerprint density at radius 1 is 1.33 bits per heavy atom. The summed E-state index contributed by atoms with van der Waals surface area (Å²) in [5, 5.41) is 0.848. The van der Waals surface area contributed by atoms with Crippen molar-refractivity contribution in [3.8, 4) is 0 Å². The van der Waals surface area contributed by atoms with E-state index in [1.165, 1.54) is 16.7 Å². The van der Waals surface area contributed by atoms with E-state index in [9.17, 15) is 0 Å². The van der Waals surface area contributed by atoms with Crippen LogP contribution in [-0.4, -0.2) is 0 Å². The van der Waals surface area contributed by atoms with Gasteiger partial charge in [-0.2, -0.15) is 0 Å². The molecule has 0 aromatic heterocycles. The molecule has 0 unspecified atom stereocenters. The van der Waals surface area contributed by atoms with Crippen molar-refractivity contribution >= 4 is 11.6 Å². The fourth-order valence-corrected chi connectivity index (χ4v) is 1.43. The van der Waals surface area contributed by atoms with Crippen molar-refractivity contribution in [2.75, 3.05) is 0 Å². The Morgan fingerprint density at radius 2 is 2.00 bits per heavy atom. The third-order valence-electron chi connectivity index (χ3n) is 2.20. The van der Waals surface area contributed by atoms with Gasteiger partial charge in [-0.1, -0.05) is 23.7 Å². The highest BCUT2D eigenvalue weighted by atomic mass is 35.5. The Kier molecular flexibility index (Phi) is 2.93. The summed E-state index contributed by atoms with van der Waals surface area (Å²) < 4.78 is 0. The molecular formula is C11H13Cl. The third-order valence-corrected chi connectivity index (χ3v) is 2.61. The summed E-state index contributed by atoms with van der Waals surface area (Å²) in [6.45, 7) is 7.86. The lowest BCUT2D eigenvalue weighted by atomic mass is 10.0. The zero-order chi connectivity index (χ0) is 9.14.